The first-order chi connectivity index (χ1) is 14.4. The molecule has 1 aliphatic carbocycles. The maximum absolute atomic E-state index is 12.0. The number of fused-ring (bicyclic) bond motifs is 1. The molecule has 2 aromatic heterocycles. The number of benzene rings is 1. The number of allylic oxidation sites excluding steroid dienone is 1. The summed E-state index contributed by atoms with van der Waals surface area (Å²) >= 11 is 0. The van der Waals surface area contributed by atoms with Gasteiger partial charge in [0.15, 0.2) is 0 Å². The molecule has 30 heavy (non-hydrogen) atoms. The van der Waals surface area contributed by atoms with E-state index in [2.05, 4.69) is 32.8 Å². The molecule has 2 heterocycles. The number of carbonyl (C=O) groups excluding carboxylic acids is 1. The van der Waals surface area contributed by atoms with Crippen molar-refractivity contribution >= 4 is 17.8 Å². The minimum absolute atomic E-state index is 0.247. The average molecular weight is 400 g/mol. The lowest BCUT2D eigenvalue weighted by Gasteiger charge is -2.20. The number of ether oxygens (including phenoxy) is 1. The van der Waals surface area contributed by atoms with Gasteiger partial charge in [0, 0.05) is 41.2 Å². The van der Waals surface area contributed by atoms with Gasteiger partial charge < -0.3 is 15.4 Å². The van der Waals surface area contributed by atoms with Crippen LogP contribution in [0.5, 0.6) is 11.6 Å². The van der Waals surface area contributed by atoms with Gasteiger partial charge in [-0.25, -0.2) is 9.78 Å². The van der Waals surface area contributed by atoms with Crippen molar-refractivity contribution in [1.82, 2.24) is 15.3 Å². The first kappa shape index (κ1) is 19.6. The van der Waals surface area contributed by atoms with Gasteiger partial charge >= 0.3 is 6.03 Å². The van der Waals surface area contributed by atoms with Gasteiger partial charge in [-0.3, -0.25) is 4.98 Å². The lowest BCUT2D eigenvalue weighted by atomic mass is 10.0. The number of aromatic nitrogens is 2. The summed E-state index contributed by atoms with van der Waals surface area (Å²) in [5.74, 6) is 1.16. The van der Waals surface area contributed by atoms with Gasteiger partial charge in [0.25, 0.3) is 0 Å². The van der Waals surface area contributed by atoms with Gasteiger partial charge in [-0.2, -0.15) is 0 Å². The number of carbonyl (C=O) groups is 1. The molecule has 2 N–H and O–H groups in total. The molecule has 0 bridgehead atoms. The second-order valence-corrected chi connectivity index (χ2v) is 8.14. The summed E-state index contributed by atoms with van der Waals surface area (Å²) in [4.78, 5) is 20.9. The van der Waals surface area contributed by atoms with Crippen LogP contribution in [0.25, 0.3) is 17.2 Å². The van der Waals surface area contributed by atoms with E-state index < -0.39 is 0 Å². The van der Waals surface area contributed by atoms with Crippen molar-refractivity contribution in [3.63, 3.8) is 0 Å². The number of urea groups is 1. The van der Waals surface area contributed by atoms with E-state index in [1.807, 2.05) is 57.3 Å². The van der Waals surface area contributed by atoms with Crippen molar-refractivity contribution in [2.24, 2.45) is 0 Å². The maximum atomic E-state index is 12.0. The first-order valence-corrected chi connectivity index (χ1v) is 9.86. The molecule has 6 heteroatoms. The summed E-state index contributed by atoms with van der Waals surface area (Å²) in [7, 11) is 0. The van der Waals surface area contributed by atoms with Crippen LogP contribution in [0.3, 0.4) is 0 Å². The number of hydrogen-bond donors (Lipinski definition) is 2. The van der Waals surface area contributed by atoms with Gasteiger partial charge in [0.1, 0.15) is 5.75 Å². The highest BCUT2D eigenvalue weighted by Gasteiger charge is 2.17. The Bertz CT molecular complexity index is 1100. The second kappa shape index (κ2) is 7.99. The van der Waals surface area contributed by atoms with Crippen LogP contribution in [0.4, 0.5) is 10.5 Å². The molecule has 152 valence electrons. The monoisotopic (exact) mass is 400 g/mol. The van der Waals surface area contributed by atoms with Crippen molar-refractivity contribution in [3.8, 4) is 22.8 Å². The van der Waals surface area contributed by atoms with Crippen LogP contribution in [0.2, 0.25) is 0 Å². The van der Waals surface area contributed by atoms with E-state index in [1.165, 1.54) is 0 Å². The van der Waals surface area contributed by atoms with E-state index in [0.717, 1.165) is 28.8 Å². The molecule has 0 spiro atoms. The fourth-order valence-corrected chi connectivity index (χ4v) is 3.29. The minimum Gasteiger partial charge on any atom is -0.438 e. The molecule has 0 aliphatic heterocycles. The lowest BCUT2D eigenvalue weighted by molar-refractivity contribution is 0.244. The molecule has 0 radical (unpaired) electrons. The molecule has 0 fully saturated rings. The lowest BCUT2D eigenvalue weighted by Crippen LogP contribution is -2.43. The summed E-state index contributed by atoms with van der Waals surface area (Å²) in [5.41, 5.74) is 4.52. The third-order valence-corrected chi connectivity index (χ3v) is 4.54. The van der Waals surface area contributed by atoms with Crippen molar-refractivity contribution in [1.29, 1.82) is 0 Å². The zero-order chi connectivity index (χ0) is 21.1. The highest BCUT2D eigenvalue weighted by molar-refractivity contribution is 5.89. The fraction of sp³-hybridized carbons (Fsp3) is 0.208. The van der Waals surface area contributed by atoms with Crippen LogP contribution in [0.1, 0.15) is 32.0 Å². The molecule has 2 amide bonds. The first-order valence-electron chi connectivity index (χ1n) is 9.86. The topological polar surface area (TPSA) is 76.1 Å². The van der Waals surface area contributed by atoms with Crippen molar-refractivity contribution < 1.29 is 9.53 Å². The van der Waals surface area contributed by atoms with E-state index in [4.69, 9.17) is 4.74 Å². The van der Waals surface area contributed by atoms with Gasteiger partial charge in [0.2, 0.25) is 5.88 Å². The zero-order valence-corrected chi connectivity index (χ0v) is 17.3. The Morgan fingerprint density at radius 1 is 1.00 bits per heavy atom. The normalized spacial score (nSPS) is 12.4. The Balaban J connectivity index is 1.53. The van der Waals surface area contributed by atoms with E-state index in [9.17, 15) is 4.79 Å². The van der Waals surface area contributed by atoms with E-state index in [1.54, 1.807) is 18.3 Å². The summed E-state index contributed by atoms with van der Waals surface area (Å²) in [6, 6.07) is 12.8. The van der Waals surface area contributed by atoms with Gasteiger partial charge in [-0.05, 0) is 68.8 Å². The predicted octanol–water partition coefficient (Wildman–Crippen LogP) is 5.43. The van der Waals surface area contributed by atoms with Crippen LogP contribution >= 0.6 is 0 Å². The highest BCUT2D eigenvalue weighted by Crippen LogP contribution is 2.36. The predicted molar refractivity (Wildman–Crippen MR) is 119 cm³/mol. The standard InChI is InChI=1S/C24H24N4O2/c1-24(2,3)28-23(29)27-16-9-11-17(12-10-16)30-22-20(7-5-14-26-22)18-13-15-25-21-8-4-6-19(18)21/h4-7,9-15H,8H2,1-3H3,(H2,27,28,29). The Hall–Kier alpha value is -3.67. The van der Waals surface area contributed by atoms with Gasteiger partial charge in [0.05, 0.1) is 5.69 Å². The molecule has 1 aromatic carbocycles. The quantitative estimate of drug-likeness (QED) is 0.613. The zero-order valence-electron chi connectivity index (χ0n) is 17.3. The average Bonchev–Trinajstić information content (AvgIpc) is 3.17. The third-order valence-electron chi connectivity index (χ3n) is 4.54. The molecular formula is C24H24N4O2. The molecule has 4 rings (SSSR count). The molecule has 3 aromatic rings. The van der Waals surface area contributed by atoms with Crippen molar-refractivity contribution in [3.05, 3.63) is 72.2 Å². The Morgan fingerprint density at radius 3 is 2.57 bits per heavy atom. The molecule has 6 nitrogen and oxygen atoms in total. The molecule has 1 aliphatic rings. The Labute approximate surface area is 176 Å². The number of nitrogens with one attached hydrogen (secondary N) is 2. The number of anilines is 1. The van der Waals surface area contributed by atoms with E-state index >= 15 is 0 Å². The molecule has 0 saturated heterocycles. The summed E-state index contributed by atoms with van der Waals surface area (Å²) in [5, 5.41) is 5.69. The van der Waals surface area contributed by atoms with Crippen LogP contribution < -0.4 is 15.4 Å². The number of rotatable bonds is 4. The second-order valence-electron chi connectivity index (χ2n) is 8.14. The molecular weight excluding hydrogens is 376 g/mol. The smallest absolute Gasteiger partial charge is 0.319 e. The van der Waals surface area contributed by atoms with Crippen molar-refractivity contribution in [2.45, 2.75) is 32.7 Å². The summed E-state index contributed by atoms with van der Waals surface area (Å²) in [6.07, 6.45) is 8.58. The summed E-state index contributed by atoms with van der Waals surface area (Å²) < 4.78 is 6.08. The number of nitrogens with zero attached hydrogens (tertiary/aromatic N) is 2. The molecule has 0 saturated carbocycles. The van der Waals surface area contributed by atoms with Gasteiger partial charge in [-0.1, -0.05) is 12.2 Å². The number of amides is 2. The fourth-order valence-electron chi connectivity index (χ4n) is 3.29. The number of pyridine rings is 2. The van der Waals surface area contributed by atoms with Crippen LogP contribution in [-0.2, 0) is 6.42 Å². The maximum Gasteiger partial charge on any atom is 0.319 e. The highest BCUT2D eigenvalue weighted by atomic mass is 16.5. The third kappa shape index (κ3) is 4.49. The van der Waals surface area contributed by atoms with E-state index in [0.29, 0.717) is 17.3 Å². The Kier molecular flexibility index (Phi) is 5.23. The molecule has 0 unspecified atom stereocenters. The van der Waals surface area contributed by atoms with Crippen molar-refractivity contribution in [2.75, 3.05) is 5.32 Å². The number of hydrogen-bond acceptors (Lipinski definition) is 4. The van der Waals surface area contributed by atoms with Crippen LogP contribution in [0.15, 0.2) is 60.9 Å². The van der Waals surface area contributed by atoms with Crippen LogP contribution in [-0.4, -0.2) is 21.5 Å². The van der Waals surface area contributed by atoms with Gasteiger partial charge in [-0.15, -0.1) is 0 Å². The summed E-state index contributed by atoms with van der Waals surface area (Å²) in [6.45, 7) is 5.80. The minimum atomic E-state index is -0.301. The largest absolute Gasteiger partial charge is 0.438 e. The van der Waals surface area contributed by atoms with Crippen LogP contribution in [0, 0.1) is 0 Å². The SMILES string of the molecule is CC(C)(C)NC(=O)Nc1ccc(Oc2ncccc2-c2ccnc3c2C=CC3)cc1. The molecule has 0 atom stereocenters. The Morgan fingerprint density at radius 2 is 1.80 bits per heavy atom. The van der Waals surface area contributed by atoms with E-state index in [-0.39, 0.29) is 11.6 Å².